The van der Waals surface area contributed by atoms with Crippen molar-refractivity contribution in [3.63, 3.8) is 0 Å². The van der Waals surface area contributed by atoms with E-state index < -0.39 is 6.04 Å². The highest BCUT2D eigenvalue weighted by Crippen LogP contribution is 2.38. The molecule has 1 saturated heterocycles. The van der Waals surface area contributed by atoms with Gasteiger partial charge in [0, 0.05) is 31.6 Å². The fourth-order valence-corrected chi connectivity index (χ4v) is 6.17. The molecule has 1 aromatic heterocycles. The number of fused-ring (bicyclic) bond motifs is 1. The normalized spacial score (nSPS) is 18.1. The van der Waals surface area contributed by atoms with Crippen LogP contribution < -0.4 is 5.32 Å². The van der Waals surface area contributed by atoms with Crippen molar-refractivity contribution >= 4 is 28.6 Å². The summed E-state index contributed by atoms with van der Waals surface area (Å²) < 4.78 is 5.03. The molecule has 0 spiro atoms. The number of methoxy groups -OCH3 is 1. The summed E-state index contributed by atoms with van der Waals surface area (Å²) >= 11 is 0. The van der Waals surface area contributed by atoms with Crippen LogP contribution in [-0.2, 0) is 20.9 Å². The average molecular weight is 544 g/mol. The Bertz CT molecular complexity index is 1300. The number of benzene rings is 2. The lowest BCUT2D eigenvalue weighted by molar-refractivity contribution is -0.142. The zero-order valence-electron chi connectivity index (χ0n) is 23.9. The molecule has 8 nitrogen and oxygen atoms in total. The number of carbonyl (C=O) groups excluding carboxylic acids is 2. The number of rotatable bonds is 9. The fraction of sp³-hybridized carbons (Fsp3) is 0.500. The van der Waals surface area contributed by atoms with Crippen LogP contribution in [0.1, 0.15) is 56.8 Å². The second-order valence-corrected chi connectivity index (χ2v) is 11.4. The number of nitrogens with one attached hydrogen (secondary N) is 1. The molecule has 5 rings (SSSR count). The van der Waals surface area contributed by atoms with Crippen molar-refractivity contribution in [1.29, 1.82) is 0 Å². The topological polar surface area (TPSA) is 87.7 Å². The Kier molecular flexibility index (Phi) is 8.94. The summed E-state index contributed by atoms with van der Waals surface area (Å²) in [6, 6.07) is 17.7. The first kappa shape index (κ1) is 28.0. The minimum absolute atomic E-state index is 0.0270. The highest BCUT2D eigenvalue weighted by Gasteiger charge is 2.35. The Labute approximate surface area is 237 Å². The van der Waals surface area contributed by atoms with Gasteiger partial charge in [0.2, 0.25) is 5.91 Å². The maximum atomic E-state index is 13.8. The summed E-state index contributed by atoms with van der Waals surface area (Å²) in [5.41, 5.74) is 1.98. The van der Waals surface area contributed by atoms with E-state index in [2.05, 4.69) is 27.2 Å². The first-order chi connectivity index (χ1) is 19.4. The maximum absolute atomic E-state index is 13.8. The molecule has 0 bridgehead atoms. The molecule has 1 unspecified atom stereocenters. The van der Waals surface area contributed by atoms with Gasteiger partial charge in [0.15, 0.2) is 0 Å². The molecule has 2 fully saturated rings. The van der Waals surface area contributed by atoms with Crippen LogP contribution in [-0.4, -0.2) is 71.0 Å². The fourth-order valence-electron chi connectivity index (χ4n) is 6.17. The number of esters is 1. The van der Waals surface area contributed by atoms with Gasteiger partial charge in [-0.2, -0.15) is 0 Å². The van der Waals surface area contributed by atoms with E-state index in [1.54, 1.807) is 0 Å². The summed E-state index contributed by atoms with van der Waals surface area (Å²) in [5.74, 6) is 1.71. The first-order valence-corrected chi connectivity index (χ1v) is 14.6. The third kappa shape index (κ3) is 6.28. The lowest BCUT2D eigenvalue weighted by atomic mass is 9.83. The van der Waals surface area contributed by atoms with Crippen LogP contribution in [0.4, 0.5) is 5.82 Å². The molecular weight excluding hydrogens is 502 g/mol. The van der Waals surface area contributed by atoms with Crippen LogP contribution in [0.2, 0.25) is 0 Å². The molecule has 2 heterocycles. The molecule has 1 amide bonds. The van der Waals surface area contributed by atoms with E-state index in [1.165, 1.54) is 20.0 Å². The van der Waals surface area contributed by atoms with Gasteiger partial charge in [0.25, 0.3) is 0 Å². The van der Waals surface area contributed by atoms with E-state index in [9.17, 15) is 9.59 Å². The van der Waals surface area contributed by atoms with Crippen molar-refractivity contribution in [2.24, 2.45) is 11.8 Å². The van der Waals surface area contributed by atoms with Crippen molar-refractivity contribution < 1.29 is 14.3 Å². The molecule has 3 aromatic rings. The minimum Gasteiger partial charge on any atom is -0.467 e. The standard InChI is InChI=1S/C32H41N5O3/c1-22(2)29(32(39)40-3)35-30-25-15-9-10-16-26(25)33-27(34-30)21-36-17-19-37(20-18-36)31(38)28(24-13-7-8-14-24)23-11-5-4-6-12-23/h4-6,9-12,15-16,22,24,28-29H,7-8,13-14,17-21H2,1-3H3,(H,33,34,35)/t28?,29-/m0/s1. The average Bonchev–Trinajstić information content (AvgIpc) is 3.50. The SMILES string of the molecule is COC(=O)[C@@H](Nc1nc(CN2CCN(C(=O)C(c3ccccc3)C3CCCC3)CC2)nc2ccccc12)C(C)C. The largest absolute Gasteiger partial charge is 0.467 e. The molecular formula is C32H41N5O3. The molecule has 2 aliphatic rings. The van der Waals surface area contributed by atoms with E-state index in [1.807, 2.05) is 56.3 Å². The Morgan fingerprint density at radius 2 is 1.62 bits per heavy atom. The van der Waals surface area contributed by atoms with Crippen LogP contribution in [0.15, 0.2) is 54.6 Å². The quantitative estimate of drug-likeness (QED) is 0.386. The number of aromatic nitrogens is 2. The van der Waals surface area contributed by atoms with Gasteiger partial charge in [0.1, 0.15) is 17.7 Å². The Balaban J connectivity index is 1.28. The van der Waals surface area contributed by atoms with E-state index in [4.69, 9.17) is 14.7 Å². The van der Waals surface area contributed by atoms with Crippen LogP contribution in [0.5, 0.6) is 0 Å². The van der Waals surface area contributed by atoms with E-state index in [-0.39, 0.29) is 23.7 Å². The third-order valence-corrected chi connectivity index (χ3v) is 8.41. The van der Waals surface area contributed by atoms with Gasteiger partial charge in [-0.3, -0.25) is 9.69 Å². The van der Waals surface area contributed by atoms with Gasteiger partial charge in [0.05, 0.1) is 25.1 Å². The molecule has 2 aromatic carbocycles. The maximum Gasteiger partial charge on any atom is 0.328 e. The molecule has 1 N–H and O–H groups in total. The number of hydrogen-bond donors (Lipinski definition) is 1. The second-order valence-electron chi connectivity index (χ2n) is 11.4. The number of nitrogens with zero attached hydrogens (tertiary/aromatic N) is 4. The van der Waals surface area contributed by atoms with Gasteiger partial charge < -0.3 is 15.0 Å². The summed E-state index contributed by atoms with van der Waals surface area (Å²) in [5, 5.41) is 4.20. The number of anilines is 1. The zero-order valence-corrected chi connectivity index (χ0v) is 23.9. The van der Waals surface area contributed by atoms with Crippen molar-refractivity contribution in [2.45, 2.75) is 58.0 Å². The van der Waals surface area contributed by atoms with Crippen LogP contribution in [0.25, 0.3) is 10.9 Å². The molecule has 40 heavy (non-hydrogen) atoms. The predicted molar refractivity (Wildman–Crippen MR) is 157 cm³/mol. The number of carbonyl (C=O) groups is 2. The number of ether oxygens (including phenoxy) is 1. The molecule has 1 aliphatic carbocycles. The lowest BCUT2D eigenvalue weighted by Gasteiger charge is -2.37. The predicted octanol–water partition coefficient (Wildman–Crippen LogP) is 4.86. The van der Waals surface area contributed by atoms with Gasteiger partial charge >= 0.3 is 5.97 Å². The lowest BCUT2D eigenvalue weighted by Crippen LogP contribution is -2.50. The number of hydrogen-bond acceptors (Lipinski definition) is 7. The summed E-state index contributed by atoms with van der Waals surface area (Å²) in [6.45, 7) is 7.48. The van der Waals surface area contributed by atoms with Crippen LogP contribution in [0.3, 0.4) is 0 Å². The van der Waals surface area contributed by atoms with Gasteiger partial charge in [-0.25, -0.2) is 14.8 Å². The Morgan fingerprint density at radius 3 is 2.30 bits per heavy atom. The van der Waals surface area contributed by atoms with Gasteiger partial charge in [-0.15, -0.1) is 0 Å². The van der Waals surface area contributed by atoms with E-state index >= 15 is 0 Å². The first-order valence-electron chi connectivity index (χ1n) is 14.6. The number of amides is 1. The van der Waals surface area contributed by atoms with Gasteiger partial charge in [-0.1, -0.05) is 69.2 Å². The van der Waals surface area contributed by atoms with Crippen molar-refractivity contribution in [3.8, 4) is 0 Å². The minimum atomic E-state index is -0.511. The third-order valence-electron chi connectivity index (χ3n) is 8.41. The highest BCUT2D eigenvalue weighted by atomic mass is 16.5. The molecule has 0 radical (unpaired) electrons. The summed E-state index contributed by atoms with van der Waals surface area (Å²) in [6.07, 6.45) is 4.70. The van der Waals surface area contributed by atoms with E-state index in [0.717, 1.165) is 42.4 Å². The number of para-hydroxylation sites is 1. The van der Waals surface area contributed by atoms with Crippen molar-refractivity contribution in [1.82, 2.24) is 19.8 Å². The van der Waals surface area contributed by atoms with Crippen molar-refractivity contribution in [2.75, 3.05) is 38.6 Å². The Hall–Kier alpha value is -3.52. The molecule has 8 heteroatoms. The van der Waals surface area contributed by atoms with Crippen molar-refractivity contribution in [3.05, 3.63) is 66.0 Å². The van der Waals surface area contributed by atoms with Crippen LogP contribution in [0, 0.1) is 11.8 Å². The number of piperazine rings is 1. The zero-order chi connectivity index (χ0) is 28.1. The molecule has 212 valence electrons. The van der Waals surface area contributed by atoms with E-state index in [0.29, 0.717) is 37.2 Å². The smallest absolute Gasteiger partial charge is 0.328 e. The molecule has 1 saturated carbocycles. The highest BCUT2D eigenvalue weighted by molar-refractivity contribution is 5.91. The molecule has 2 atom stereocenters. The molecule has 1 aliphatic heterocycles. The van der Waals surface area contributed by atoms with Crippen LogP contribution >= 0.6 is 0 Å². The summed E-state index contributed by atoms with van der Waals surface area (Å²) in [4.78, 5) is 40.3. The summed E-state index contributed by atoms with van der Waals surface area (Å²) in [7, 11) is 1.41. The Morgan fingerprint density at radius 1 is 0.950 bits per heavy atom. The van der Waals surface area contributed by atoms with Gasteiger partial charge in [-0.05, 0) is 42.4 Å². The monoisotopic (exact) mass is 543 g/mol. The second kappa shape index (κ2) is 12.8.